The van der Waals surface area contributed by atoms with Crippen LogP contribution in [-0.4, -0.2) is 18.7 Å². The monoisotopic (exact) mass is 321 g/mol. The van der Waals surface area contributed by atoms with Gasteiger partial charge >= 0.3 is 6.18 Å². The van der Waals surface area contributed by atoms with Crippen LogP contribution in [0.2, 0.25) is 0 Å². The topological polar surface area (TPSA) is 57.9 Å². The van der Waals surface area contributed by atoms with Gasteiger partial charge in [-0.15, -0.1) is 0 Å². The quantitative estimate of drug-likeness (QED) is 0.911. The van der Waals surface area contributed by atoms with Crippen molar-refractivity contribution in [1.29, 1.82) is 5.26 Å². The van der Waals surface area contributed by atoms with E-state index in [1.807, 2.05) is 6.07 Å². The Labute approximate surface area is 131 Å². The number of ether oxygens (including phenoxy) is 1. The highest BCUT2D eigenvalue weighted by molar-refractivity contribution is 5.42. The zero-order chi connectivity index (χ0) is 16.9. The van der Waals surface area contributed by atoms with Crippen LogP contribution in [0.3, 0.4) is 0 Å². The van der Waals surface area contributed by atoms with Crippen LogP contribution in [0.4, 0.5) is 19.0 Å². The summed E-state index contributed by atoms with van der Waals surface area (Å²) in [6.45, 7) is 0.170. The molecule has 0 fully saturated rings. The van der Waals surface area contributed by atoms with Crippen molar-refractivity contribution in [1.82, 2.24) is 4.98 Å². The molecule has 120 valence electrons. The third kappa shape index (κ3) is 4.44. The fourth-order valence-electron chi connectivity index (χ4n) is 2.04. The normalized spacial score (nSPS) is 12.5. The smallest absolute Gasteiger partial charge is 0.382 e. The fraction of sp³-hybridized carbons (Fsp3) is 0.250. The molecule has 1 aromatic heterocycles. The standard InChI is InChI=1S/C16H14F3N3O/c1-23-10-14(22-15-6-5-11(8-20)9-21-15)12-3-2-4-13(7-12)16(17,18)19/h2-7,9,14H,10H2,1H3,(H,21,22)/t14-/m1/s1. The molecule has 1 N–H and O–H groups in total. The van der Waals surface area contributed by atoms with E-state index >= 15 is 0 Å². The molecular formula is C16H14F3N3O. The van der Waals surface area contributed by atoms with Crippen LogP contribution in [-0.2, 0) is 10.9 Å². The van der Waals surface area contributed by atoms with Crippen LogP contribution >= 0.6 is 0 Å². The number of alkyl halides is 3. The Balaban J connectivity index is 2.25. The van der Waals surface area contributed by atoms with Crippen LogP contribution in [0.1, 0.15) is 22.7 Å². The van der Waals surface area contributed by atoms with E-state index < -0.39 is 17.8 Å². The molecule has 2 aromatic rings. The minimum atomic E-state index is -4.40. The molecule has 0 aliphatic heterocycles. The third-order valence-electron chi connectivity index (χ3n) is 3.16. The molecule has 0 spiro atoms. The van der Waals surface area contributed by atoms with Crippen molar-refractivity contribution in [3.63, 3.8) is 0 Å². The number of nitrogens with zero attached hydrogens (tertiary/aromatic N) is 2. The second-order valence-corrected chi connectivity index (χ2v) is 4.82. The maximum Gasteiger partial charge on any atom is 0.416 e. The molecule has 0 bridgehead atoms. The molecule has 0 amide bonds. The van der Waals surface area contributed by atoms with Gasteiger partial charge in [-0.25, -0.2) is 4.98 Å². The first-order valence-electron chi connectivity index (χ1n) is 6.73. The minimum Gasteiger partial charge on any atom is -0.382 e. The van der Waals surface area contributed by atoms with Crippen molar-refractivity contribution in [2.45, 2.75) is 12.2 Å². The maximum absolute atomic E-state index is 12.8. The molecule has 1 atom stereocenters. The van der Waals surface area contributed by atoms with E-state index in [0.29, 0.717) is 16.9 Å². The lowest BCUT2D eigenvalue weighted by Gasteiger charge is -2.20. The van der Waals surface area contributed by atoms with Crippen molar-refractivity contribution in [2.24, 2.45) is 0 Å². The molecule has 0 saturated heterocycles. The van der Waals surface area contributed by atoms with Gasteiger partial charge in [0.1, 0.15) is 11.9 Å². The zero-order valence-corrected chi connectivity index (χ0v) is 12.3. The van der Waals surface area contributed by atoms with Gasteiger partial charge in [0.15, 0.2) is 0 Å². The van der Waals surface area contributed by atoms with E-state index in [4.69, 9.17) is 10.00 Å². The summed E-state index contributed by atoms with van der Waals surface area (Å²) < 4.78 is 43.6. The molecule has 2 rings (SSSR count). The molecule has 1 aromatic carbocycles. The van der Waals surface area contributed by atoms with Gasteiger partial charge in [-0.2, -0.15) is 18.4 Å². The maximum atomic E-state index is 12.8. The van der Waals surface area contributed by atoms with E-state index in [1.54, 1.807) is 18.2 Å². The lowest BCUT2D eigenvalue weighted by atomic mass is 10.0. The summed E-state index contributed by atoms with van der Waals surface area (Å²) in [7, 11) is 1.47. The van der Waals surface area contributed by atoms with Gasteiger partial charge in [0, 0.05) is 13.3 Å². The van der Waals surface area contributed by atoms with Crippen LogP contribution in [0.5, 0.6) is 0 Å². The van der Waals surface area contributed by atoms with Gasteiger partial charge in [-0.1, -0.05) is 12.1 Å². The summed E-state index contributed by atoms with van der Waals surface area (Å²) in [6.07, 6.45) is -3.02. The highest BCUT2D eigenvalue weighted by Crippen LogP contribution is 2.31. The number of nitrogens with one attached hydrogen (secondary N) is 1. The number of hydrogen-bond donors (Lipinski definition) is 1. The average Bonchev–Trinajstić information content (AvgIpc) is 2.54. The van der Waals surface area contributed by atoms with Gasteiger partial charge < -0.3 is 10.1 Å². The van der Waals surface area contributed by atoms with E-state index in [2.05, 4.69) is 10.3 Å². The lowest BCUT2D eigenvalue weighted by Crippen LogP contribution is -2.18. The number of hydrogen-bond acceptors (Lipinski definition) is 4. The molecule has 0 saturated carbocycles. The SMILES string of the molecule is COC[C@@H](Nc1ccc(C#N)cn1)c1cccc(C(F)(F)F)c1. The predicted octanol–water partition coefficient (Wildman–Crippen LogP) is 3.77. The average molecular weight is 321 g/mol. The number of pyridine rings is 1. The molecule has 0 radical (unpaired) electrons. The Morgan fingerprint density at radius 2 is 2.09 bits per heavy atom. The first-order valence-corrected chi connectivity index (χ1v) is 6.73. The van der Waals surface area contributed by atoms with Crippen LogP contribution in [0, 0.1) is 11.3 Å². The first kappa shape index (κ1) is 16.8. The summed E-state index contributed by atoms with van der Waals surface area (Å²) in [6, 6.07) is 9.67. The fourth-order valence-corrected chi connectivity index (χ4v) is 2.04. The first-order chi connectivity index (χ1) is 10.9. The van der Waals surface area contributed by atoms with Gasteiger partial charge in [0.25, 0.3) is 0 Å². The van der Waals surface area contributed by atoms with Crippen LogP contribution < -0.4 is 5.32 Å². The summed E-state index contributed by atoms with van der Waals surface area (Å²) in [5.74, 6) is 0.448. The van der Waals surface area contributed by atoms with Crippen molar-refractivity contribution in [3.8, 4) is 6.07 Å². The van der Waals surface area contributed by atoms with Crippen LogP contribution in [0.25, 0.3) is 0 Å². The van der Waals surface area contributed by atoms with Gasteiger partial charge in [-0.3, -0.25) is 0 Å². The number of methoxy groups -OCH3 is 1. The van der Waals surface area contributed by atoms with Crippen LogP contribution in [0.15, 0.2) is 42.6 Å². The molecule has 0 aliphatic carbocycles. The van der Waals surface area contributed by atoms with Gasteiger partial charge in [0.05, 0.1) is 23.8 Å². The highest BCUT2D eigenvalue weighted by atomic mass is 19.4. The highest BCUT2D eigenvalue weighted by Gasteiger charge is 2.31. The predicted molar refractivity (Wildman–Crippen MR) is 78.6 cm³/mol. The van der Waals surface area contributed by atoms with E-state index in [0.717, 1.165) is 12.1 Å². The Morgan fingerprint density at radius 1 is 1.30 bits per heavy atom. The van der Waals surface area contributed by atoms with E-state index in [-0.39, 0.29) is 6.61 Å². The summed E-state index contributed by atoms with van der Waals surface area (Å²) in [5, 5.41) is 11.8. The zero-order valence-electron chi connectivity index (χ0n) is 12.3. The number of nitriles is 1. The summed E-state index contributed by atoms with van der Waals surface area (Å²) in [5.41, 5.74) is 0.122. The third-order valence-corrected chi connectivity index (χ3v) is 3.16. The van der Waals surface area contributed by atoms with Crippen molar-refractivity contribution >= 4 is 5.82 Å². The molecule has 0 aliphatic rings. The van der Waals surface area contributed by atoms with Crippen molar-refractivity contribution in [2.75, 3.05) is 19.0 Å². The Morgan fingerprint density at radius 3 is 2.65 bits per heavy atom. The number of benzene rings is 1. The number of anilines is 1. The van der Waals surface area contributed by atoms with Crippen molar-refractivity contribution in [3.05, 3.63) is 59.3 Å². The molecule has 23 heavy (non-hydrogen) atoms. The molecule has 1 heterocycles. The van der Waals surface area contributed by atoms with Crippen molar-refractivity contribution < 1.29 is 17.9 Å². The number of rotatable bonds is 5. The van der Waals surface area contributed by atoms with E-state index in [1.165, 1.54) is 19.4 Å². The number of halogens is 3. The second-order valence-electron chi connectivity index (χ2n) is 4.82. The Hall–Kier alpha value is -2.59. The molecule has 0 unspecified atom stereocenters. The van der Waals surface area contributed by atoms with E-state index in [9.17, 15) is 13.2 Å². The second kappa shape index (κ2) is 7.11. The molecule has 4 nitrogen and oxygen atoms in total. The largest absolute Gasteiger partial charge is 0.416 e. The van der Waals surface area contributed by atoms with Gasteiger partial charge in [-0.05, 0) is 29.8 Å². The number of aromatic nitrogens is 1. The molecule has 7 heteroatoms. The Kier molecular flexibility index (Phi) is 5.19. The Bertz CT molecular complexity index is 693. The summed E-state index contributed by atoms with van der Waals surface area (Å²) >= 11 is 0. The lowest BCUT2D eigenvalue weighted by molar-refractivity contribution is -0.137. The minimum absolute atomic E-state index is 0.170. The van der Waals surface area contributed by atoms with Gasteiger partial charge in [0.2, 0.25) is 0 Å². The summed E-state index contributed by atoms with van der Waals surface area (Å²) in [4.78, 5) is 4.06. The molecular weight excluding hydrogens is 307 g/mol.